The van der Waals surface area contributed by atoms with Crippen molar-refractivity contribution in [2.75, 3.05) is 11.1 Å². The lowest BCUT2D eigenvalue weighted by atomic mass is 9.86. The molecule has 4 aromatic rings. The highest BCUT2D eigenvalue weighted by Gasteiger charge is 2.17. The summed E-state index contributed by atoms with van der Waals surface area (Å²) in [5.41, 5.74) is 12.7. The fourth-order valence-electron chi connectivity index (χ4n) is 3.74. The molecule has 0 spiro atoms. The van der Waals surface area contributed by atoms with Gasteiger partial charge >= 0.3 is 0 Å². The van der Waals surface area contributed by atoms with Crippen molar-refractivity contribution in [1.82, 2.24) is 14.5 Å². The van der Waals surface area contributed by atoms with Gasteiger partial charge in [0.15, 0.2) is 0 Å². The molecule has 0 aliphatic rings. The first-order valence-corrected chi connectivity index (χ1v) is 11.9. The first kappa shape index (κ1) is 25.4. The Morgan fingerprint density at radius 1 is 1.08 bits per heavy atom. The molecule has 0 saturated heterocycles. The number of benzene rings is 2. The molecule has 0 bridgehead atoms. The fourth-order valence-corrected chi connectivity index (χ4v) is 3.74. The fraction of sp³-hybridized carbons (Fsp3) is 0.200. The molecule has 2 aromatic carbocycles. The van der Waals surface area contributed by atoms with E-state index in [2.05, 4.69) is 54.0 Å². The molecule has 0 aliphatic heterocycles. The van der Waals surface area contributed by atoms with Crippen molar-refractivity contribution >= 4 is 23.6 Å². The lowest BCUT2D eigenvalue weighted by Gasteiger charge is -2.22. The number of nitrogens with one attached hydrogen (secondary N) is 2. The maximum atomic E-state index is 13.3. The van der Waals surface area contributed by atoms with Gasteiger partial charge in [0.25, 0.3) is 5.91 Å². The van der Waals surface area contributed by atoms with E-state index < -0.39 is 0 Å². The summed E-state index contributed by atoms with van der Waals surface area (Å²) >= 11 is 0. The minimum absolute atomic E-state index is 0.105. The van der Waals surface area contributed by atoms with Crippen LogP contribution in [0, 0.1) is 31.1 Å². The number of hydrogen-bond acceptors (Lipinski definition) is 5. The van der Waals surface area contributed by atoms with Gasteiger partial charge in [-0.15, -0.1) is 0 Å². The zero-order valence-corrected chi connectivity index (χ0v) is 21.7. The first-order chi connectivity index (χ1) is 17.5. The van der Waals surface area contributed by atoms with Crippen LogP contribution in [0.4, 0.5) is 11.5 Å². The summed E-state index contributed by atoms with van der Waals surface area (Å²) in [6, 6.07) is 13.2. The second-order valence-corrected chi connectivity index (χ2v) is 10.0. The summed E-state index contributed by atoms with van der Waals surface area (Å²) in [6.07, 6.45) is 6.45. The number of carbonyl (C=O) groups excluding carboxylic acids is 1. The molecule has 0 atom stereocenters. The zero-order valence-electron chi connectivity index (χ0n) is 21.7. The lowest BCUT2D eigenvalue weighted by molar-refractivity contribution is 0.102. The minimum Gasteiger partial charge on any atom is -0.383 e. The van der Waals surface area contributed by atoms with Gasteiger partial charge in [0.2, 0.25) is 0 Å². The summed E-state index contributed by atoms with van der Waals surface area (Å²) in [5, 5.41) is 10.5. The minimum atomic E-state index is -0.220. The van der Waals surface area contributed by atoms with Crippen molar-refractivity contribution in [3.63, 3.8) is 0 Å². The van der Waals surface area contributed by atoms with Crippen molar-refractivity contribution in [3.8, 4) is 17.5 Å². The number of anilines is 2. The second kappa shape index (κ2) is 10.1. The van der Waals surface area contributed by atoms with E-state index in [0.29, 0.717) is 22.4 Å². The quantitative estimate of drug-likeness (QED) is 0.262. The summed E-state index contributed by atoms with van der Waals surface area (Å²) in [7, 11) is 0. The normalized spacial score (nSPS) is 10.9. The molecule has 4 rings (SSSR count). The zero-order chi connectivity index (χ0) is 26.7. The third-order valence-electron chi connectivity index (χ3n) is 6.00. The van der Waals surface area contributed by atoms with Crippen LogP contribution in [-0.2, 0) is 5.41 Å². The van der Waals surface area contributed by atoms with Crippen molar-refractivity contribution in [1.29, 1.82) is 5.41 Å². The molecule has 7 nitrogen and oxygen atoms in total. The number of carbonyl (C=O) groups is 1. The predicted molar refractivity (Wildman–Crippen MR) is 149 cm³/mol. The van der Waals surface area contributed by atoms with Gasteiger partial charge in [0.1, 0.15) is 5.82 Å². The van der Waals surface area contributed by atoms with Crippen LogP contribution in [-0.4, -0.2) is 26.7 Å². The molecule has 4 N–H and O–H groups in total. The number of rotatable bonds is 4. The molecule has 0 aliphatic carbocycles. The number of pyridine rings is 1. The molecule has 186 valence electrons. The van der Waals surface area contributed by atoms with Crippen molar-refractivity contribution < 1.29 is 4.79 Å². The van der Waals surface area contributed by atoms with Crippen LogP contribution < -0.4 is 11.1 Å². The highest BCUT2D eigenvalue weighted by Crippen LogP contribution is 2.28. The van der Waals surface area contributed by atoms with Gasteiger partial charge in [0, 0.05) is 52.2 Å². The van der Waals surface area contributed by atoms with Crippen molar-refractivity contribution in [3.05, 3.63) is 100 Å². The van der Waals surface area contributed by atoms with Crippen LogP contribution >= 0.6 is 0 Å². The standard InChI is InChI=1S/C30H30N6O/c1-19-6-8-23(11-22(19)9-7-21-10-24(15-31)28(32)33-16-21)29(37)35-26-12-25(30(3,4)5)13-27(14-26)36-17-20(2)34-18-36/h6,8,10-18,31H,1-5H3,(H2,32,33)(H,35,37). The largest absolute Gasteiger partial charge is 0.383 e. The Hall–Kier alpha value is -4.70. The van der Waals surface area contributed by atoms with E-state index in [1.54, 1.807) is 30.7 Å². The van der Waals surface area contributed by atoms with Gasteiger partial charge < -0.3 is 21.0 Å². The monoisotopic (exact) mass is 490 g/mol. The summed E-state index contributed by atoms with van der Waals surface area (Å²) < 4.78 is 1.95. The molecule has 0 fully saturated rings. The van der Waals surface area contributed by atoms with Gasteiger partial charge in [-0.25, -0.2) is 9.97 Å². The number of amides is 1. The maximum Gasteiger partial charge on any atom is 0.255 e. The lowest BCUT2D eigenvalue weighted by Crippen LogP contribution is -2.16. The van der Waals surface area contributed by atoms with Crippen LogP contribution in [0.1, 0.15) is 64.6 Å². The Morgan fingerprint density at radius 2 is 1.86 bits per heavy atom. The summed E-state index contributed by atoms with van der Waals surface area (Å²) in [4.78, 5) is 21.7. The molecule has 2 heterocycles. The van der Waals surface area contributed by atoms with Gasteiger partial charge in [-0.3, -0.25) is 4.79 Å². The molecular formula is C30H30N6O. The number of nitrogens with two attached hydrogens (primary N) is 1. The van der Waals surface area contributed by atoms with Crippen LogP contribution in [0.25, 0.3) is 5.69 Å². The average Bonchev–Trinajstić information content (AvgIpc) is 3.30. The smallest absolute Gasteiger partial charge is 0.255 e. The van der Waals surface area contributed by atoms with E-state index >= 15 is 0 Å². The molecule has 0 radical (unpaired) electrons. The van der Waals surface area contributed by atoms with E-state index in [1.807, 2.05) is 42.8 Å². The Morgan fingerprint density at radius 3 is 2.54 bits per heavy atom. The highest BCUT2D eigenvalue weighted by molar-refractivity contribution is 6.04. The van der Waals surface area contributed by atoms with Gasteiger partial charge in [-0.2, -0.15) is 0 Å². The SMILES string of the molecule is Cc1cn(-c2cc(NC(=O)c3ccc(C)c(C#Cc4cnc(N)c(C=N)c4)c3)cc(C(C)(C)C)c2)cn1. The number of imidazole rings is 1. The Labute approximate surface area is 217 Å². The molecule has 7 heteroatoms. The number of aromatic nitrogens is 3. The molecule has 0 unspecified atom stereocenters. The van der Waals surface area contributed by atoms with Crippen LogP contribution in [0.3, 0.4) is 0 Å². The van der Waals surface area contributed by atoms with Gasteiger partial charge in [0.05, 0.1) is 12.0 Å². The van der Waals surface area contributed by atoms with E-state index in [-0.39, 0.29) is 17.1 Å². The predicted octanol–water partition coefficient (Wildman–Crippen LogP) is 5.41. The molecule has 1 amide bonds. The van der Waals surface area contributed by atoms with Gasteiger partial charge in [-0.05, 0) is 66.8 Å². The third-order valence-corrected chi connectivity index (χ3v) is 6.00. The number of nitrogen functional groups attached to an aromatic ring is 1. The number of aryl methyl sites for hydroxylation is 2. The number of hydrogen-bond donors (Lipinski definition) is 3. The summed E-state index contributed by atoms with van der Waals surface area (Å²) in [6.45, 7) is 10.3. The molecule has 37 heavy (non-hydrogen) atoms. The number of nitrogens with zero attached hydrogens (tertiary/aromatic N) is 3. The molecule has 2 aromatic heterocycles. The van der Waals surface area contributed by atoms with Crippen molar-refractivity contribution in [2.24, 2.45) is 0 Å². The molecule has 0 saturated carbocycles. The average molecular weight is 491 g/mol. The maximum absolute atomic E-state index is 13.3. The summed E-state index contributed by atoms with van der Waals surface area (Å²) in [5.74, 6) is 6.25. The Kier molecular flexibility index (Phi) is 6.94. The van der Waals surface area contributed by atoms with Crippen molar-refractivity contribution in [2.45, 2.75) is 40.0 Å². The van der Waals surface area contributed by atoms with Crippen LogP contribution in [0.5, 0.6) is 0 Å². The first-order valence-electron chi connectivity index (χ1n) is 11.9. The van der Waals surface area contributed by atoms with Crippen LogP contribution in [0.15, 0.2) is 61.2 Å². The second-order valence-electron chi connectivity index (χ2n) is 10.0. The van der Waals surface area contributed by atoms with Crippen LogP contribution in [0.2, 0.25) is 0 Å². The van der Waals surface area contributed by atoms with E-state index in [4.69, 9.17) is 11.1 Å². The van der Waals surface area contributed by atoms with E-state index in [9.17, 15) is 4.79 Å². The Bertz CT molecular complexity index is 1560. The third kappa shape index (κ3) is 5.93. The Balaban J connectivity index is 1.64. The van der Waals surface area contributed by atoms with E-state index in [1.165, 1.54) is 0 Å². The van der Waals surface area contributed by atoms with Gasteiger partial charge in [-0.1, -0.05) is 38.7 Å². The topological polar surface area (TPSA) is 110 Å². The highest BCUT2D eigenvalue weighted by atomic mass is 16.1. The van der Waals surface area contributed by atoms with E-state index in [0.717, 1.165) is 34.3 Å². The molecular weight excluding hydrogens is 460 g/mol.